The van der Waals surface area contributed by atoms with Gasteiger partial charge in [-0.25, -0.2) is 4.79 Å². The minimum absolute atomic E-state index is 0.147. The Morgan fingerprint density at radius 2 is 1.80 bits per heavy atom. The van der Waals surface area contributed by atoms with E-state index in [0.717, 1.165) is 11.1 Å². The molecule has 7 heteroatoms. The van der Waals surface area contributed by atoms with Gasteiger partial charge in [0, 0.05) is 14.1 Å². The summed E-state index contributed by atoms with van der Waals surface area (Å²) in [7, 11) is 1.01. The largest absolute Gasteiger partial charge is 0.465 e. The normalized spacial score (nSPS) is 11.5. The number of rotatable bonds is 6. The molecule has 0 N–H and O–H groups in total. The Morgan fingerprint density at radius 1 is 1.12 bits per heavy atom. The maximum absolute atomic E-state index is 12.2. The average molecular weight is 360 g/mol. The second kappa shape index (κ2) is 7.94. The van der Waals surface area contributed by atoms with Crippen molar-refractivity contribution in [3.05, 3.63) is 65.2 Å². The van der Waals surface area contributed by atoms with Crippen LogP contribution in [0.4, 0.5) is 0 Å². The molecule has 6 nitrogen and oxygen atoms in total. The molecule has 0 aliphatic heterocycles. The van der Waals surface area contributed by atoms with Crippen LogP contribution in [0.25, 0.3) is 0 Å². The molecular weight excluding hydrogens is 340 g/mol. The van der Waals surface area contributed by atoms with E-state index >= 15 is 0 Å². The Balaban J connectivity index is 2.20. The van der Waals surface area contributed by atoms with E-state index < -0.39 is 16.0 Å². The molecule has 0 heterocycles. The first-order valence-corrected chi connectivity index (χ1v) is 8.99. The number of carbonyl (C=O) groups is 1. The fraction of sp³-hybridized carbons (Fsp3) is 0.222. The third-order valence-corrected chi connectivity index (χ3v) is 4.62. The maximum atomic E-state index is 12.2. The van der Waals surface area contributed by atoms with E-state index in [4.69, 9.17) is 0 Å². The van der Waals surface area contributed by atoms with Crippen LogP contribution in [-0.2, 0) is 21.2 Å². The summed E-state index contributed by atoms with van der Waals surface area (Å²) in [5.74, 6) is -0.390. The molecule has 0 saturated heterocycles. The Bertz CT molecular complexity index is 872. The topological polar surface area (TPSA) is 76.0 Å². The van der Waals surface area contributed by atoms with Crippen molar-refractivity contribution in [3.8, 4) is 0 Å². The van der Waals surface area contributed by atoms with Gasteiger partial charge in [0.25, 0.3) is 10.0 Å². The highest BCUT2D eigenvalue weighted by atomic mass is 32.2. The minimum atomic E-state index is -3.72. The van der Waals surface area contributed by atoms with E-state index in [-0.39, 0.29) is 4.90 Å². The van der Waals surface area contributed by atoms with Crippen LogP contribution in [0.5, 0.6) is 0 Å². The molecular formula is C18H20N2O4S. The summed E-state index contributed by atoms with van der Waals surface area (Å²) in [5, 5.41) is 0. The van der Waals surface area contributed by atoms with Gasteiger partial charge in [0.1, 0.15) is 6.34 Å². The number of methoxy groups -OCH3 is 1. The predicted octanol–water partition coefficient (Wildman–Crippen LogP) is 2.34. The third kappa shape index (κ3) is 5.15. The zero-order valence-corrected chi connectivity index (χ0v) is 15.2. The molecule has 0 amide bonds. The number of nitrogens with zero attached hydrogens (tertiary/aromatic N) is 2. The fourth-order valence-electron chi connectivity index (χ4n) is 2.15. The van der Waals surface area contributed by atoms with Gasteiger partial charge in [0.15, 0.2) is 0 Å². The van der Waals surface area contributed by atoms with Crippen molar-refractivity contribution in [2.45, 2.75) is 11.3 Å². The Kier molecular flexibility index (Phi) is 5.93. The van der Waals surface area contributed by atoms with Crippen molar-refractivity contribution < 1.29 is 17.9 Å². The van der Waals surface area contributed by atoms with Gasteiger partial charge in [-0.2, -0.15) is 8.42 Å². The van der Waals surface area contributed by atoms with Gasteiger partial charge in [-0.1, -0.05) is 24.3 Å². The highest BCUT2D eigenvalue weighted by Crippen LogP contribution is 2.17. The third-order valence-electron chi connectivity index (χ3n) is 3.40. The molecule has 0 aromatic heterocycles. The van der Waals surface area contributed by atoms with Crippen LogP contribution in [0.3, 0.4) is 0 Å². The monoisotopic (exact) mass is 360 g/mol. The number of sulfonamides is 1. The Morgan fingerprint density at radius 3 is 2.40 bits per heavy atom. The van der Waals surface area contributed by atoms with Gasteiger partial charge >= 0.3 is 5.97 Å². The summed E-state index contributed by atoms with van der Waals surface area (Å²) in [6.45, 7) is 0. The molecule has 25 heavy (non-hydrogen) atoms. The quantitative estimate of drug-likeness (QED) is 0.449. The molecule has 2 aromatic rings. The summed E-state index contributed by atoms with van der Waals surface area (Å²) >= 11 is 0. The van der Waals surface area contributed by atoms with E-state index in [1.54, 1.807) is 43.3 Å². The van der Waals surface area contributed by atoms with Gasteiger partial charge < -0.3 is 9.64 Å². The number of hydrogen-bond donors (Lipinski definition) is 0. The highest BCUT2D eigenvalue weighted by molar-refractivity contribution is 7.90. The Hall–Kier alpha value is -2.67. The summed E-state index contributed by atoms with van der Waals surface area (Å²) in [6.07, 6.45) is 1.80. The van der Waals surface area contributed by atoms with Gasteiger partial charge in [-0.3, -0.25) is 0 Å². The number of carbonyl (C=O) groups excluding carboxylic acids is 1. The standard InChI is InChI=1S/C18H20N2O4S/c1-20(2)13-19-25(22,23)17-6-4-5-15(12-17)11-14-7-9-16(10-8-14)18(21)24-3/h4-10,12-13H,11H2,1-3H3/b19-13+. The lowest BCUT2D eigenvalue weighted by molar-refractivity contribution is 0.0600. The molecule has 132 valence electrons. The molecule has 0 fully saturated rings. The van der Waals surface area contributed by atoms with Crippen molar-refractivity contribution in [1.82, 2.24) is 4.90 Å². The van der Waals surface area contributed by atoms with Gasteiger partial charge in [-0.15, -0.1) is 4.40 Å². The fourth-order valence-corrected chi connectivity index (χ4v) is 3.13. The SMILES string of the molecule is COC(=O)c1ccc(Cc2cccc(S(=O)(=O)/N=C/N(C)C)c2)cc1. The van der Waals surface area contributed by atoms with E-state index in [2.05, 4.69) is 9.13 Å². The van der Waals surface area contributed by atoms with Crippen LogP contribution in [0, 0.1) is 0 Å². The summed E-state index contributed by atoms with van der Waals surface area (Å²) < 4.78 is 32.7. The predicted molar refractivity (Wildman–Crippen MR) is 96.4 cm³/mol. The van der Waals surface area contributed by atoms with Gasteiger partial charge in [0.2, 0.25) is 0 Å². The molecule has 0 unspecified atom stereocenters. The summed E-state index contributed by atoms with van der Waals surface area (Å²) in [5.41, 5.74) is 2.27. The van der Waals surface area contributed by atoms with Crippen LogP contribution in [0.15, 0.2) is 57.8 Å². The summed E-state index contributed by atoms with van der Waals surface area (Å²) in [4.78, 5) is 13.1. The number of benzene rings is 2. The molecule has 0 radical (unpaired) electrons. The lowest BCUT2D eigenvalue weighted by atomic mass is 10.0. The number of ether oxygens (including phenoxy) is 1. The van der Waals surface area contributed by atoms with Gasteiger partial charge in [0.05, 0.1) is 17.6 Å². The van der Waals surface area contributed by atoms with Crippen LogP contribution >= 0.6 is 0 Å². The number of hydrogen-bond acceptors (Lipinski definition) is 4. The second-order valence-corrected chi connectivity index (χ2v) is 7.30. The average Bonchev–Trinajstić information content (AvgIpc) is 2.60. The van der Waals surface area contributed by atoms with Crippen molar-refractivity contribution in [2.75, 3.05) is 21.2 Å². The van der Waals surface area contributed by atoms with Crippen molar-refractivity contribution in [1.29, 1.82) is 0 Å². The molecule has 0 saturated carbocycles. The van der Waals surface area contributed by atoms with Crippen molar-refractivity contribution in [2.24, 2.45) is 4.40 Å². The van der Waals surface area contributed by atoms with Crippen LogP contribution < -0.4 is 0 Å². The lowest BCUT2D eigenvalue weighted by Gasteiger charge is -2.06. The lowest BCUT2D eigenvalue weighted by Crippen LogP contribution is -2.10. The first-order chi connectivity index (χ1) is 11.8. The molecule has 0 spiro atoms. The molecule has 0 aliphatic rings. The molecule has 0 atom stereocenters. The first kappa shape index (κ1) is 18.7. The Labute approximate surface area is 147 Å². The highest BCUT2D eigenvalue weighted by Gasteiger charge is 2.13. The van der Waals surface area contributed by atoms with Crippen LogP contribution in [0.1, 0.15) is 21.5 Å². The van der Waals surface area contributed by atoms with E-state index in [9.17, 15) is 13.2 Å². The second-order valence-electron chi connectivity index (χ2n) is 5.67. The molecule has 0 bridgehead atoms. The van der Waals surface area contributed by atoms with E-state index in [1.807, 2.05) is 18.2 Å². The molecule has 2 aromatic carbocycles. The minimum Gasteiger partial charge on any atom is -0.465 e. The zero-order chi connectivity index (χ0) is 18.4. The summed E-state index contributed by atoms with van der Waals surface area (Å²) in [6, 6.07) is 13.7. The molecule has 2 rings (SSSR count). The molecule has 0 aliphatic carbocycles. The van der Waals surface area contributed by atoms with Gasteiger partial charge in [-0.05, 0) is 41.8 Å². The first-order valence-electron chi connectivity index (χ1n) is 7.55. The van der Waals surface area contributed by atoms with Crippen LogP contribution in [0.2, 0.25) is 0 Å². The van der Waals surface area contributed by atoms with Crippen molar-refractivity contribution >= 4 is 22.3 Å². The maximum Gasteiger partial charge on any atom is 0.337 e. The zero-order valence-electron chi connectivity index (χ0n) is 14.3. The smallest absolute Gasteiger partial charge is 0.337 e. The van der Waals surface area contributed by atoms with E-state index in [1.165, 1.54) is 19.5 Å². The number of esters is 1. The van der Waals surface area contributed by atoms with Crippen LogP contribution in [-0.4, -0.2) is 46.8 Å². The van der Waals surface area contributed by atoms with E-state index in [0.29, 0.717) is 12.0 Å². The van der Waals surface area contributed by atoms with Crippen molar-refractivity contribution in [3.63, 3.8) is 0 Å².